The zero-order valence-electron chi connectivity index (χ0n) is 11.1. The quantitative estimate of drug-likeness (QED) is 0.901. The van der Waals surface area contributed by atoms with Gasteiger partial charge in [0.25, 0.3) is 0 Å². The van der Waals surface area contributed by atoms with E-state index in [1.807, 2.05) is 30.3 Å². The van der Waals surface area contributed by atoms with Crippen LogP contribution in [0.1, 0.15) is 30.9 Å². The molecule has 5 heteroatoms. The van der Waals surface area contributed by atoms with Gasteiger partial charge in [-0.25, -0.2) is 8.42 Å². The van der Waals surface area contributed by atoms with Crippen molar-refractivity contribution in [1.82, 2.24) is 0 Å². The number of sulfone groups is 1. The molecule has 0 radical (unpaired) electrons. The second-order valence-corrected chi connectivity index (χ2v) is 7.40. The highest BCUT2D eigenvalue weighted by atomic mass is 32.2. The Morgan fingerprint density at radius 3 is 2.32 bits per heavy atom. The third kappa shape index (κ3) is 2.15. The zero-order valence-corrected chi connectivity index (χ0v) is 11.9. The largest absolute Gasteiger partial charge is 0.312 e. The molecule has 0 saturated heterocycles. The van der Waals surface area contributed by atoms with Crippen molar-refractivity contribution in [3.63, 3.8) is 0 Å². The average Bonchev–Trinajstić information content (AvgIpc) is 3.07. The Hall–Kier alpha value is -1.38. The molecular formula is C14H18N2O2S. The third-order valence-corrected chi connectivity index (χ3v) is 6.15. The van der Waals surface area contributed by atoms with Crippen molar-refractivity contribution in [3.8, 4) is 6.07 Å². The standard InChI is InChI=1S/C14H18N2O2S/c1-3-10-5-7-11(8-6-10)12-13(14(12,16)9-15)19(17,18)4-2/h5-8,12-13H,3-4,16H2,1-2H3/t12-,13-,14+/m1/s1. The Labute approximate surface area is 114 Å². The van der Waals surface area contributed by atoms with Gasteiger partial charge < -0.3 is 5.73 Å². The van der Waals surface area contributed by atoms with Crippen LogP contribution in [-0.4, -0.2) is 25.0 Å². The highest BCUT2D eigenvalue weighted by molar-refractivity contribution is 7.92. The van der Waals surface area contributed by atoms with Crippen molar-refractivity contribution < 1.29 is 8.42 Å². The predicted molar refractivity (Wildman–Crippen MR) is 74.3 cm³/mol. The summed E-state index contributed by atoms with van der Waals surface area (Å²) in [7, 11) is -3.31. The molecule has 0 aromatic heterocycles. The van der Waals surface area contributed by atoms with E-state index in [-0.39, 0.29) is 5.75 Å². The lowest BCUT2D eigenvalue weighted by Crippen LogP contribution is -2.29. The Morgan fingerprint density at radius 2 is 1.89 bits per heavy atom. The van der Waals surface area contributed by atoms with Crippen LogP contribution in [0.25, 0.3) is 0 Å². The maximum atomic E-state index is 12.0. The van der Waals surface area contributed by atoms with Gasteiger partial charge in [0, 0.05) is 11.7 Å². The summed E-state index contributed by atoms with van der Waals surface area (Å²) in [6, 6.07) is 9.67. The van der Waals surface area contributed by atoms with Crippen molar-refractivity contribution >= 4 is 9.84 Å². The van der Waals surface area contributed by atoms with Crippen LogP contribution in [0.2, 0.25) is 0 Å². The van der Waals surface area contributed by atoms with Crippen molar-refractivity contribution in [3.05, 3.63) is 35.4 Å². The number of hydrogen-bond donors (Lipinski definition) is 1. The molecule has 1 fully saturated rings. The van der Waals surface area contributed by atoms with E-state index in [1.54, 1.807) is 6.92 Å². The maximum Gasteiger partial charge on any atom is 0.156 e. The number of hydrogen-bond acceptors (Lipinski definition) is 4. The first-order valence-electron chi connectivity index (χ1n) is 6.41. The van der Waals surface area contributed by atoms with Gasteiger partial charge in [-0.05, 0) is 17.5 Å². The van der Waals surface area contributed by atoms with Crippen LogP contribution in [0.4, 0.5) is 0 Å². The van der Waals surface area contributed by atoms with Crippen LogP contribution in [-0.2, 0) is 16.3 Å². The fraction of sp³-hybridized carbons (Fsp3) is 0.500. The highest BCUT2D eigenvalue weighted by Gasteiger charge is 2.69. The zero-order chi connectivity index (χ0) is 14.3. The lowest BCUT2D eigenvalue weighted by molar-refractivity contribution is 0.593. The summed E-state index contributed by atoms with van der Waals surface area (Å²) in [5.74, 6) is -0.393. The third-order valence-electron chi connectivity index (χ3n) is 3.91. The molecule has 0 amide bonds. The molecule has 4 nitrogen and oxygen atoms in total. The molecule has 0 aliphatic heterocycles. The monoisotopic (exact) mass is 278 g/mol. The molecule has 1 aliphatic rings. The van der Waals surface area contributed by atoms with Gasteiger partial charge in [0.05, 0.1) is 6.07 Å². The number of nitriles is 1. The minimum absolute atomic E-state index is 0.0157. The van der Waals surface area contributed by atoms with Crippen LogP contribution >= 0.6 is 0 Å². The average molecular weight is 278 g/mol. The van der Waals surface area contributed by atoms with E-state index in [1.165, 1.54) is 5.56 Å². The number of aryl methyl sites for hydroxylation is 1. The van der Waals surface area contributed by atoms with Gasteiger partial charge in [-0.3, -0.25) is 0 Å². The molecule has 1 saturated carbocycles. The number of benzene rings is 1. The van der Waals surface area contributed by atoms with E-state index in [2.05, 4.69) is 6.92 Å². The fourth-order valence-corrected chi connectivity index (χ4v) is 4.47. The van der Waals surface area contributed by atoms with E-state index in [4.69, 9.17) is 5.73 Å². The van der Waals surface area contributed by atoms with E-state index in [0.29, 0.717) is 0 Å². The van der Waals surface area contributed by atoms with Gasteiger partial charge in [-0.2, -0.15) is 5.26 Å². The van der Waals surface area contributed by atoms with Crippen LogP contribution in [0.5, 0.6) is 0 Å². The van der Waals surface area contributed by atoms with Gasteiger partial charge in [0.15, 0.2) is 9.84 Å². The van der Waals surface area contributed by atoms with Gasteiger partial charge >= 0.3 is 0 Å². The topological polar surface area (TPSA) is 83.9 Å². The summed E-state index contributed by atoms with van der Waals surface area (Å²) >= 11 is 0. The molecule has 1 aromatic rings. The second-order valence-electron chi connectivity index (χ2n) is 4.99. The van der Waals surface area contributed by atoms with E-state index in [9.17, 15) is 13.7 Å². The van der Waals surface area contributed by atoms with Crippen LogP contribution in [0.3, 0.4) is 0 Å². The number of nitrogens with two attached hydrogens (primary N) is 1. The van der Waals surface area contributed by atoms with Crippen LogP contribution < -0.4 is 5.73 Å². The molecule has 0 spiro atoms. The van der Waals surface area contributed by atoms with Gasteiger partial charge in [-0.15, -0.1) is 0 Å². The molecule has 19 heavy (non-hydrogen) atoms. The minimum atomic E-state index is -3.31. The molecule has 0 bridgehead atoms. The summed E-state index contributed by atoms with van der Waals surface area (Å²) in [5, 5.41) is 8.41. The molecule has 3 atom stereocenters. The summed E-state index contributed by atoms with van der Waals surface area (Å²) in [4.78, 5) is 0. The molecule has 1 aromatic carbocycles. The fourth-order valence-electron chi connectivity index (χ4n) is 2.60. The summed E-state index contributed by atoms with van der Waals surface area (Å²) in [5.41, 5.74) is 6.70. The lowest BCUT2D eigenvalue weighted by Gasteiger charge is -2.02. The SMILES string of the molecule is CCc1ccc([C@@H]2[C@@H](S(=O)(=O)CC)[C@]2(N)C#N)cc1. The number of nitrogens with zero attached hydrogens (tertiary/aromatic N) is 1. The van der Waals surface area contributed by atoms with Crippen molar-refractivity contribution in [2.45, 2.75) is 37.0 Å². The Morgan fingerprint density at radius 1 is 1.32 bits per heavy atom. The second kappa shape index (κ2) is 4.62. The molecule has 102 valence electrons. The van der Waals surface area contributed by atoms with E-state index in [0.717, 1.165) is 12.0 Å². The molecule has 2 rings (SSSR count). The maximum absolute atomic E-state index is 12.0. The highest BCUT2D eigenvalue weighted by Crippen LogP contribution is 2.53. The van der Waals surface area contributed by atoms with Gasteiger partial charge in [-0.1, -0.05) is 38.1 Å². The first kappa shape index (κ1) is 14.0. The van der Waals surface area contributed by atoms with Crippen molar-refractivity contribution in [2.24, 2.45) is 5.73 Å². The Balaban J connectivity index is 2.37. The predicted octanol–water partition coefficient (Wildman–Crippen LogP) is 1.37. The first-order valence-corrected chi connectivity index (χ1v) is 8.12. The Kier molecular flexibility index (Phi) is 3.41. The first-order chi connectivity index (χ1) is 8.90. The molecule has 2 N–H and O–H groups in total. The molecule has 0 unspecified atom stereocenters. The Bertz CT molecular complexity index is 616. The number of rotatable bonds is 4. The van der Waals surface area contributed by atoms with Crippen molar-refractivity contribution in [1.29, 1.82) is 5.26 Å². The van der Waals surface area contributed by atoms with Crippen LogP contribution in [0, 0.1) is 11.3 Å². The van der Waals surface area contributed by atoms with Crippen molar-refractivity contribution in [2.75, 3.05) is 5.75 Å². The van der Waals surface area contributed by atoms with E-state index < -0.39 is 26.5 Å². The molecular weight excluding hydrogens is 260 g/mol. The summed E-state index contributed by atoms with van der Waals surface area (Å²) in [6.45, 7) is 3.64. The van der Waals surface area contributed by atoms with E-state index >= 15 is 0 Å². The normalized spacial score (nSPS) is 29.8. The summed E-state index contributed by atoms with van der Waals surface area (Å²) in [6.07, 6.45) is 0.924. The smallest absolute Gasteiger partial charge is 0.156 e. The lowest BCUT2D eigenvalue weighted by atomic mass is 10.0. The van der Waals surface area contributed by atoms with Gasteiger partial charge in [0.1, 0.15) is 10.8 Å². The van der Waals surface area contributed by atoms with Gasteiger partial charge in [0.2, 0.25) is 0 Å². The minimum Gasteiger partial charge on any atom is -0.312 e. The molecule has 1 aliphatic carbocycles. The van der Waals surface area contributed by atoms with Crippen LogP contribution in [0.15, 0.2) is 24.3 Å². The summed E-state index contributed by atoms with van der Waals surface area (Å²) < 4.78 is 24.0. The molecule has 0 heterocycles.